The van der Waals surface area contributed by atoms with E-state index in [1.165, 1.54) is 11.6 Å². The van der Waals surface area contributed by atoms with E-state index in [2.05, 4.69) is 53.6 Å². The number of anilines is 1. The fourth-order valence-electron chi connectivity index (χ4n) is 6.26. The van der Waals surface area contributed by atoms with Gasteiger partial charge >= 0.3 is 0 Å². The number of amides is 1. The summed E-state index contributed by atoms with van der Waals surface area (Å²) in [4.78, 5) is 15.5. The highest BCUT2D eigenvalue weighted by Crippen LogP contribution is 2.50. The molecular weight excluding hydrogens is 570 g/mol. The van der Waals surface area contributed by atoms with Crippen molar-refractivity contribution in [1.82, 2.24) is 35.4 Å². The first-order valence-corrected chi connectivity index (χ1v) is 14.4. The lowest BCUT2D eigenvalue weighted by molar-refractivity contribution is -0.123. The van der Waals surface area contributed by atoms with Crippen molar-refractivity contribution in [1.29, 1.82) is 0 Å². The molecule has 1 aliphatic heterocycles. The van der Waals surface area contributed by atoms with E-state index in [1.54, 1.807) is 10.9 Å². The second kappa shape index (κ2) is 10.3. The van der Waals surface area contributed by atoms with Gasteiger partial charge in [0.05, 0.1) is 28.6 Å². The minimum absolute atomic E-state index is 0.0316. The first kappa shape index (κ1) is 26.4. The number of aromatic amines is 1. The zero-order valence-corrected chi connectivity index (χ0v) is 23.5. The Kier molecular flexibility index (Phi) is 6.95. The molecule has 1 amide bonds. The van der Waals surface area contributed by atoms with Gasteiger partial charge in [-0.05, 0) is 85.0 Å². The number of halogens is 3. The quantitative estimate of drug-likeness (QED) is 0.266. The number of likely N-dealkylation sites (tertiary alicyclic amines) is 1. The van der Waals surface area contributed by atoms with E-state index in [9.17, 15) is 13.6 Å². The molecule has 1 saturated heterocycles. The molecule has 1 aromatic carbocycles. The fraction of sp³-hybridized carbons (Fsp3) is 0.556. The summed E-state index contributed by atoms with van der Waals surface area (Å²) in [5, 5.41) is 19.1. The molecule has 1 saturated carbocycles. The Morgan fingerprint density at radius 3 is 2.95 bits per heavy atom. The van der Waals surface area contributed by atoms with E-state index >= 15 is 0 Å². The average molecular weight is 604 g/mol. The third-order valence-electron chi connectivity index (χ3n) is 8.65. The summed E-state index contributed by atoms with van der Waals surface area (Å²) in [7, 11) is 0. The molecule has 2 fully saturated rings. The van der Waals surface area contributed by atoms with Gasteiger partial charge in [0.2, 0.25) is 5.91 Å². The van der Waals surface area contributed by atoms with Gasteiger partial charge in [0.1, 0.15) is 11.5 Å². The molecule has 12 heteroatoms. The average Bonchev–Trinajstić information content (AvgIpc) is 3.22. The molecule has 3 aromatic rings. The van der Waals surface area contributed by atoms with Crippen LogP contribution in [0.25, 0.3) is 11.3 Å². The van der Waals surface area contributed by atoms with Gasteiger partial charge in [-0.2, -0.15) is 5.10 Å². The van der Waals surface area contributed by atoms with Crippen LogP contribution in [-0.4, -0.2) is 61.2 Å². The molecule has 2 aromatic heterocycles. The second-order valence-electron chi connectivity index (χ2n) is 11.5. The van der Waals surface area contributed by atoms with Crippen LogP contribution in [0.3, 0.4) is 0 Å². The van der Waals surface area contributed by atoms with Crippen LogP contribution < -0.4 is 11.1 Å². The Bertz CT molecular complexity index is 1400. The van der Waals surface area contributed by atoms with E-state index in [0.29, 0.717) is 18.7 Å². The van der Waals surface area contributed by atoms with Crippen molar-refractivity contribution >= 4 is 27.5 Å². The number of nitrogens with two attached hydrogens (primary N) is 1. The number of nitrogens with one attached hydrogen (secondary N) is 2. The molecule has 3 aliphatic rings. The minimum Gasteiger partial charge on any atom is -0.396 e. The van der Waals surface area contributed by atoms with Gasteiger partial charge in [-0.1, -0.05) is 5.21 Å². The predicted molar refractivity (Wildman–Crippen MR) is 146 cm³/mol. The van der Waals surface area contributed by atoms with E-state index in [4.69, 9.17) is 5.73 Å². The van der Waals surface area contributed by atoms with E-state index in [0.717, 1.165) is 69.4 Å². The molecule has 39 heavy (non-hydrogen) atoms. The third-order valence-corrected chi connectivity index (χ3v) is 9.38. The molecule has 2 aliphatic carbocycles. The maximum absolute atomic E-state index is 14.3. The molecule has 3 heterocycles. The first-order valence-electron chi connectivity index (χ1n) is 13.6. The topological polar surface area (TPSA) is 118 Å². The summed E-state index contributed by atoms with van der Waals surface area (Å²) in [6.45, 7) is 4.53. The van der Waals surface area contributed by atoms with E-state index < -0.39 is 11.6 Å². The highest BCUT2D eigenvalue weighted by Gasteiger charge is 2.47. The number of benzene rings is 1. The second-order valence-corrected chi connectivity index (χ2v) is 12.3. The van der Waals surface area contributed by atoms with Crippen molar-refractivity contribution < 1.29 is 13.6 Å². The monoisotopic (exact) mass is 602 g/mol. The third kappa shape index (κ3) is 5.32. The number of nitrogens with zero attached hydrogens (tertiary/aromatic N) is 5. The smallest absolute Gasteiger partial charge is 0.220 e. The highest BCUT2D eigenvalue weighted by atomic mass is 79.9. The van der Waals surface area contributed by atoms with Crippen LogP contribution >= 0.6 is 15.9 Å². The van der Waals surface area contributed by atoms with Gasteiger partial charge in [-0.15, -0.1) is 5.10 Å². The Labute approximate surface area is 234 Å². The molecule has 2 unspecified atom stereocenters. The van der Waals surface area contributed by atoms with Crippen LogP contribution in [0.1, 0.15) is 55.5 Å². The lowest BCUT2D eigenvalue weighted by atomic mass is 9.91. The van der Waals surface area contributed by atoms with Crippen molar-refractivity contribution in [3.63, 3.8) is 0 Å². The van der Waals surface area contributed by atoms with Gasteiger partial charge in [0, 0.05) is 42.7 Å². The summed E-state index contributed by atoms with van der Waals surface area (Å²) >= 11 is 2.88. The van der Waals surface area contributed by atoms with Gasteiger partial charge in [0.15, 0.2) is 5.82 Å². The number of carbonyl (C=O) groups is 1. The van der Waals surface area contributed by atoms with Crippen LogP contribution in [-0.2, 0) is 24.2 Å². The number of aromatic nitrogens is 5. The lowest BCUT2D eigenvalue weighted by Crippen LogP contribution is -2.42. The van der Waals surface area contributed by atoms with Crippen molar-refractivity contribution in [2.75, 3.05) is 18.8 Å². The molecule has 0 radical (unpaired) electrons. The highest BCUT2D eigenvalue weighted by molar-refractivity contribution is 9.10. The van der Waals surface area contributed by atoms with Crippen molar-refractivity contribution in [2.45, 2.75) is 76.9 Å². The summed E-state index contributed by atoms with van der Waals surface area (Å²) in [6.07, 6.45) is 9.15. The maximum atomic E-state index is 14.3. The molecule has 6 rings (SSSR count). The number of aryl methyl sites for hydroxylation is 1. The number of H-pyrrole nitrogens is 1. The van der Waals surface area contributed by atoms with Gasteiger partial charge in [-0.25, -0.2) is 8.78 Å². The number of rotatable bonds is 8. The van der Waals surface area contributed by atoms with Gasteiger partial charge in [0.25, 0.3) is 0 Å². The van der Waals surface area contributed by atoms with Crippen LogP contribution in [0.2, 0.25) is 0 Å². The minimum atomic E-state index is -0.843. The summed E-state index contributed by atoms with van der Waals surface area (Å²) in [5.74, 6) is -1.45. The number of hydrogen-bond donors (Lipinski definition) is 3. The van der Waals surface area contributed by atoms with Crippen molar-refractivity contribution in [3.05, 3.63) is 45.3 Å². The van der Waals surface area contributed by atoms with E-state index in [1.807, 2.05) is 0 Å². The Morgan fingerprint density at radius 1 is 1.33 bits per heavy atom. The van der Waals surface area contributed by atoms with Crippen LogP contribution in [0.4, 0.5) is 14.5 Å². The molecular formula is C27H33BrF2N8O. The lowest BCUT2D eigenvalue weighted by Gasteiger charge is -2.29. The Balaban J connectivity index is 1.05. The molecule has 0 bridgehead atoms. The van der Waals surface area contributed by atoms with Crippen LogP contribution in [0, 0.1) is 24.0 Å². The summed E-state index contributed by atoms with van der Waals surface area (Å²) in [5.41, 5.74) is 9.78. The molecule has 0 spiro atoms. The number of fused-ring (bicyclic) bond motifs is 1. The predicted octanol–water partition coefficient (Wildman–Crippen LogP) is 3.91. The summed E-state index contributed by atoms with van der Waals surface area (Å²) < 4.78 is 29.8. The Morgan fingerprint density at radius 2 is 2.15 bits per heavy atom. The number of hydrogen-bond acceptors (Lipinski definition) is 6. The summed E-state index contributed by atoms with van der Waals surface area (Å²) in [6, 6.07) is 1.57. The van der Waals surface area contributed by atoms with Crippen molar-refractivity contribution in [2.24, 2.45) is 5.41 Å². The fourth-order valence-corrected chi connectivity index (χ4v) is 6.58. The zero-order valence-electron chi connectivity index (χ0n) is 21.9. The van der Waals surface area contributed by atoms with Crippen LogP contribution in [0.15, 0.2) is 16.7 Å². The van der Waals surface area contributed by atoms with Gasteiger partial charge < -0.3 is 11.1 Å². The molecule has 208 valence electrons. The number of carbonyl (C=O) groups excluding carboxylic acids is 1. The first-order chi connectivity index (χ1) is 18.7. The van der Waals surface area contributed by atoms with Crippen LogP contribution in [0.5, 0.6) is 0 Å². The van der Waals surface area contributed by atoms with Gasteiger partial charge in [-0.3, -0.25) is 19.5 Å². The SMILES string of the molecule is Cc1[nH]nc2c1CCC(NC(=O)CC1(CN3CCCC3Cn3cc(-c4cc(F)c(Br)c(F)c4N)nn3)CC1)C2. The molecule has 4 N–H and O–H groups in total. The maximum Gasteiger partial charge on any atom is 0.220 e. The number of nitrogen functional groups attached to an aromatic ring is 1. The zero-order chi connectivity index (χ0) is 27.3. The largest absolute Gasteiger partial charge is 0.396 e. The van der Waals surface area contributed by atoms with E-state index in [-0.39, 0.29) is 39.1 Å². The Hall–Kier alpha value is -2.86. The molecule has 9 nitrogen and oxygen atoms in total. The standard InChI is InChI=1S/C27H33BrF2N8O/c1-15-18-5-4-16(9-21(18)34-33-15)32-23(39)11-27(6-7-27)14-37-8-2-3-17(37)12-38-13-22(35-36-38)19-10-20(29)24(28)25(30)26(19)31/h10,13,16-17H,2-9,11-12,14,31H2,1H3,(H,32,39)(H,33,34). The molecule has 2 atom stereocenters. The normalized spacial score (nSPS) is 22.2. The van der Waals surface area contributed by atoms with Crippen molar-refractivity contribution in [3.8, 4) is 11.3 Å².